The molecular weight excluding hydrogens is 350 g/mol. The van der Waals surface area contributed by atoms with E-state index in [1.807, 2.05) is 19.9 Å². The van der Waals surface area contributed by atoms with E-state index in [2.05, 4.69) is 0 Å². The van der Waals surface area contributed by atoms with Gasteiger partial charge in [0.25, 0.3) is 10.0 Å². The van der Waals surface area contributed by atoms with E-state index in [-0.39, 0.29) is 10.5 Å². The van der Waals surface area contributed by atoms with E-state index >= 15 is 0 Å². The van der Waals surface area contributed by atoms with Crippen LogP contribution in [0.5, 0.6) is 0 Å². The highest BCUT2D eigenvalue weighted by molar-refractivity contribution is 7.90. The Bertz CT molecular complexity index is 1140. The first-order valence-corrected chi connectivity index (χ1v) is 9.50. The average Bonchev–Trinajstić information content (AvgIpc) is 2.92. The number of aromatic nitrogens is 1. The summed E-state index contributed by atoms with van der Waals surface area (Å²) < 4.78 is 27.4. The summed E-state index contributed by atoms with van der Waals surface area (Å²) in [6, 6.07) is 12.0. The van der Waals surface area contributed by atoms with Crippen molar-refractivity contribution in [3.8, 4) is 0 Å². The molecule has 0 amide bonds. The van der Waals surface area contributed by atoms with Crippen molar-refractivity contribution in [3.63, 3.8) is 0 Å². The highest BCUT2D eigenvalue weighted by Gasteiger charge is 2.20. The summed E-state index contributed by atoms with van der Waals surface area (Å²) in [7, 11) is -3.74. The molecule has 0 bridgehead atoms. The molecule has 2 aromatic carbocycles. The van der Waals surface area contributed by atoms with Gasteiger partial charge in [0.15, 0.2) is 0 Å². The van der Waals surface area contributed by atoms with Gasteiger partial charge in [-0.2, -0.15) is 0 Å². The van der Waals surface area contributed by atoms with Gasteiger partial charge in [-0.25, -0.2) is 17.2 Å². The normalized spacial score (nSPS) is 12.5. The van der Waals surface area contributed by atoms with Gasteiger partial charge in [0.05, 0.1) is 10.4 Å². The van der Waals surface area contributed by atoms with Gasteiger partial charge >= 0.3 is 5.97 Å². The van der Waals surface area contributed by atoms with Crippen LogP contribution in [0.3, 0.4) is 0 Å². The number of aliphatic carboxylic acids is 1. The van der Waals surface area contributed by atoms with Crippen LogP contribution >= 0.6 is 0 Å². The molecular formula is C20H19NO4S. The molecule has 0 spiro atoms. The maximum atomic E-state index is 13.1. The number of fused-ring (bicyclic) bond motifs is 1. The highest BCUT2D eigenvalue weighted by Crippen LogP contribution is 2.27. The zero-order valence-electron chi connectivity index (χ0n) is 14.7. The molecule has 3 aromatic rings. The monoisotopic (exact) mass is 369 g/mol. The van der Waals surface area contributed by atoms with Crippen molar-refractivity contribution in [2.75, 3.05) is 0 Å². The summed E-state index contributed by atoms with van der Waals surface area (Å²) in [4.78, 5) is 11.3. The third-order valence-corrected chi connectivity index (χ3v) is 5.98. The maximum Gasteiger partial charge on any atom is 0.331 e. The predicted octanol–water partition coefficient (Wildman–Crippen LogP) is 3.98. The van der Waals surface area contributed by atoms with Crippen molar-refractivity contribution in [2.24, 2.45) is 0 Å². The third-order valence-electron chi connectivity index (χ3n) is 4.29. The van der Waals surface area contributed by atoms with E-state index in [0.717, 1.165) is 16.5 Å². The number of hydrogen-bond donors (Lipinski definition) is 1. The SMILES string of the molecule is CC(=Cc1ccc2c(C)cn(S(=O)(=O)c3ccc(C)cc3)c2c1)C(=O)O. The van der Waals surface area contributed by atoms with Gasteiger partial charge in [-0.3, -0.25) is 0 Å². The molecule has 0 saturated heterocycles. The molecule has 1 aromatic heterocycles. The lowest BCUT2D eigenvalue weighted by atomic mass is 10.1. The first kappa shape index (κ1) is 17.9. The van der Waals surface area contributed by atoms with Crippen LogP contribution in [0, 0.1) is 13.8 Å². The summed E-state index contributed by atoms with van der Waals surface area (Å²) in [5.41, 5.74) is 3.15. The minimum absolute atomic E-state index is 0.181. The fourth-order valence-electron chi connectivity index (χ4n) is 2.80. The summed E-state index contributed by atoms with van der Waals surface area (Å²) in [5.74, 6) is -1.01. The Morgan fingerprint density at radius 2 is 1.73 bits per heavy atom. The smallest absolute Gasteiger partial charge is 0.331 e. The Labute approximate surface area is 152 Å². The second-order valence-electron chi connectivity index (χ2n) is 6.34. The van der Waals surface area contributed by atoms with E-state index in [4.69, 9.17) is 5.11 Å². The van der Waals surface area contributed by atoms with Crippen molar-refractivity contribution in [3.05, 3.63) is 70.9 Å². The molecule has 0 aliphatic rings. The zero-order valence-corrected chi connectivity index (χ0v) is 15.5. The molecule has 6 heteroatoms. The lowest BCUT2D eigenvalue weighted by molar-refractivity contribution is -0.132. The molecule has 3 rings (SSSR count). The molecule has 134 valence electrons. The van der Waals surface area contributed by atoms with Crippen LogP contribution in [-0.4, -0.2) is 23.5 Å². The number of benzene rings is 2. The molecule has 0 fully saturated rings. The summed E-state index contributed by atoms with van der Waals surface area (Å²) in [6.45, 7) is 5.25. The summed E-state index contributed by atoms with van der Waals surface area (Å²) >= 11 is 0. The quantitative estimate of drug-likeness (QED) is 0.706. The maximum absolute atomic E-state index is 13.1. The molecule has 0 aliphatic carbocycles. The lowest BCUT2D eigenvalue weighted by Crippen LogP contribution is -2.11. The minimum Gasteiger partial charge on any atom is -0.478 e. The molecule has 1 N–H and O–H groups in total. The van der Waals surface area contributed by atoms with Gasteiger partial charge in [0.1, 0.15) is 0 Å². The van der Waals surface area contributed by atoms with Crippen LogP contribution in [0.4, 0.5) is 0 Å². The molecule has 5 nitrogen and oxygen atoms in total. The van der Waals surface area contributed by atoms with Crippen molar-refractivity contribution in [1.82, 2.24) is 3.97 Å². The Morgan fingerprint density at radius 1 is 1.08 bits per heavy atom. The Balaban J connectivity index is 2.21. The van der Waals surface area contributed by atoms with Crippen molar-refractivity contribution < 1.29 is 18.3 Å². The van der Waals surface area contributed by atoms with E-state index in [1.165, 1.54) is 17.0 Å². The van der Waals surface area contributed by atoms with Crippen LogP contribution in [0.25, 0.3) is 17.0 Å². The number of nitrogens with zero attached hydrogens (tertiary/aromatic N) is 1. The lowest BCUT2D eigenvalue weighted by Gasteiger charge is -2.08. The number of rotatable bonds is 4. The van der Waals surface area contributed by atoms with Crippen LogP contribution in [0.2, 0.25) is 0 Å². The van der Waals surface area contributed by atoms with Gasteiger partial charge in [-0.05, 0) is 56.2 Å². The van der Waals surface area contributed by atoms with E-state index in [9.17, 15) is 13.2 Å². The average molecular weight is 369 g/mol. The highest BCUT2D eigenvalue weighted by atomic mass is 32.2. The van der Waals surface area contributed by atoms with Crippen molar-refractivity contribution in [2.45, 2.75) is 25.7 Å². The molecule has 0 atom stereocenters. The zero-order chi connectivity index (χ0) is 19.1. The number of hydrogen-bond acceptors (Lipinski definition) is 3. The first-order chi connectivity index (χ1) is 12.2. The van der Waals surface area contributed by atoms with Crippen LogP contribution < -0.4 is 0 Å². The molecule has 0 aliphatic heterocycles. The standard InChI is InChI=1S/C20H19NO4S/c1-13-4-7-17(8-5-13)26(24,25)21-12-15(3)18-9-6-16(11-19(18)21)10-14(2)20(22)23/h4-12H,1-3H3,(H,22,23). The Morgan fingerprint density at radius 3 is 2.35 bits per heavy atom. The van der Waals surface area contributed by atoms with Crippen LogP contribution in [0.15, 0.2) is 59.1 Å². The number of carboxylic acids is 1. The number of aryl methyl sites for hydroxylation is 2. The molecule has 1 heterocycles. The van der Waals surface area contributed by atoms with Crippen molar-refractivity contribution in [1.29, 1.82) is 0 Å². The summed E-state index contributed by atoms with van der Waals surface area (Å²) in [5, 5.41) is 9.86. The fourth-order valence-corrected chi connectivity index (χ4v) is 4.22. The van der Waals surface area contributed by atoms with Gasteiger partial charge in [-0.15, -0.1) is 0 Å². The second kappa shape index (κ2) is 6.46. The fraction of sp³-hybridized carbons (Fsp3) is 0.150. The van der Waals surface area contributed by atoms with E-state index < -0.39 is 16.0 Å². The Kier molecular flexibility index (Phi) is 4.46. The topological polar surface area (TPSA) is 76.4 Å². The predicted molar refractivity (Wildman–Crippen MR) is 102 cm³/mol. The van der Waals surface area contributed by atoms with Gasteiger partial charge in [-0.1, -0.05) is 29.8 Å². The molecule has 0 radical (unpaired) electrons. The van der Waals surface area contributed by atoms with Crippen molar-refractivity contribution >= 4 is 33.0 Å². The summed E-state index contributed by atoms with van der Waals surface area (Å²) in [6.07, 6.45) is 3.12. The van der Waals surface area contributed by atoms with E-state index in [0.29, 0.717) is 11.1 Å². The van der Waals surface area contributed by atoms with Gasteiger partial charge in [0, 0.05) is 17.2 Å². The Hall–Kier alpha value is -2.86. The third kappa shape index (κ3) is 3.15. The van der Waals surface area contributed by atoms with Crippen LogP contribution in [-0.2, 0) is 14.8 Å². The van der Waals surface area contributed by atoms with Gasteiger partial charge < -0.3 is 5.11 Å². The van der Waals surface area contributed by atoms with Crippen LogP contribution in [0.1, 0.15) is 23.6 Å². The molecule has 0 saturated carbocycles. The second-order valence-corrected chi connectivity index (χ2v) is 8.15. The number of carboxylic acid groups (broad SMARTS) is 1. The van der Waals surface area contributed by atoms with Gasteiger partial charge in [0.2, 0.25) is 0 Å². The van der Waals surface area contributed by atoms with E-state index in [1.54, 1.807) is 42.6 Å². The molecule has 0 unspecified atom stereocenters. The first-order valence-electron chi connectivity index (χ1n) is 8.05. The number of carbonyl (C=O) groups is 1. The largest absolute Gasteiger partial charge is 0.478 e. The molecule has 26 heavy (non-hydrogen) atoms. The minimum atomic E-state index is -3.74.